The Bertz CT molecular complexity index is 1680. The molecule has 1 amide bonds. The average Bonchev–Trinajstić information content (AvgIpc) is 3.48. The number of benzene rings is 2. The van der Waals surface area contributed by atoms with Gasteiger partial charge in [-0.05, 0) is 86.6 Å². The van der Waals surface area contributed by atoms with Crippen LogP contribution < -0.4 is 20.3 Å². The highest BCUT2D eigenvalue weighted by Gasteiger charge is 2.42. The number of hydrogen-bond acceptors (Lipinski definition) is 5. The first-order valence-electron chi connectivity index (χ1n) is 13.7. The lowest BCUT2D eigenvalue weighted by molar-refractivity contribution is -0.115. The molecule has 0 radical (unpaired) electrons. The Morgan fingerprint density at radius 2 is 1.88 bits per heavy atom. The molecule has 1 aliphatic rings. The number of carbonyl (C=O) groups excluding carboxylic acids is 1. The largest absolute Gasteiger partial charge is 0.494 e. The number of hydrogen-bond donors (Lipinski definition) is 3. The lowest BCUT2D eigenvalue weighted by atomic mass is 9.96. The first-order valence-corrected chi connectivity index (χ1v) is 14.1. The van der Waals surface area contributed by atoms with Crippen LogP contribution in [0.1, 0.15) is 64.0 Å². The number of methoxy groups -OCH3 is 1. The van der Waals surface area contributed by atoms with Crippen molar-refractivity contribution in [3.8, 4) is 11.4 Å². The Kier molecular flexibility index (Phi) is 8.00. The number of anilines is 2. The van der Waals surface area contributed by atoms with E-state index in [0.717, 1.165) is 39.6 Å². The molecule has 0 bridgehead atoms. The lowest BCUT2D eigenvalue weighted by Crippen LogP contribution is -2.29. The van der Waals surface area contributed by atoms with Crippen LogP contribution in [0.25, 0.3) is 5.69 Å². The van der Waals surface area contributed by atoms with Crippen molar-refractivity contribution in [1.82, 2.24) is 14.9 Å². The van der Waals surface area contributed by atoms with Crippen LogP contribution in [0.5, 0.6) is 5.75 Å². The van der Waals surface area contributed by atoms with Crippen LogP contribution in [0.3, 0.4) is 0 Å². The van der Waals surface area contributed by atoms with Crippen molar-refractivity contribution in [3.05, 3.63) is 101 Å². The number of amides is 1. The maximum Gasteiger partial charge on any atom is 0.335 e. The molecule has 42 heavy (non-hydrogen) atoms. The molecule has 1 fully saturated rings. The smallest absolute Gasteiger partial charge is 0.335 e. The molecule has 216 valence electrons. The Morgan fingerprint density at radius 1 is 1.10 bits per heavy atom. The summed E-state index contributed by atoms with van der Waals surface area (Å²) in [6, 6.07) is 18.1. The van der Waals surface area contributed by atoms with Gasteiger partial charge >= 0.3 is 5.97 Å². The SMILES string of the molecule is CCC(=O)Nc1ccc(N2C(=S)N[C@H](c3ccccn3)[C@@H]2c2cc(C)n(-c3cc(C(=O)O)ccc3C)c2C)cc1OC. The van der Waals surface area contributed by atoms with Gasteiger partial charge in [-0.2, -0.15) is 0 Å². The first-order chi connectivity index (χ1) is 20.1. The minimum atomic E-state index is -0.974. The van der Waals surface area contributed by atoms with Crippen LogP contribution in [0, 0.1) is 20.8 Å². The van der Waals surface area contributed by atoms with Crippen LogP contribution in [0.2, 0.25) is 0 Å². The number of rotatable bonds is 8. The van der Waals surface area contributed by atoms with Gasteiger partial charge < -0.3 is 29.9 Å². The molecule has 0 aliphatic carbocycles. The molecule has 2 aromatic carbocycles. The zero-order chi connectivity index (χ0) is 30.1. The number of aromatic carboxylic acids is 1. The van der Waals surface area contributed by atoms with Crippen molar-refractivity contribution in [2.24, 2.45) is 0 Å². The highest BCUT2D eigenvalue weighted by atomic mass is 32.1. The summed E-state index contributed by atoms with van der Waals surface area (Å²) >= 11 is 5.93. The number of nitrogens with zero attached hydrogens (tertiary/aromatic N) is 3. The van der Waals surface area contributed by atoms with Gasteiger partial charge in [0.2, 0.25) is 5.91 Å². The van der Waals surface area contributed by atoms with E-state index in [-0.39, 0.29) is 23.6 Å². The second-order valence-electron chi connectivity index (χ2n) is 10.3. The lowest BCUT2D eigenvalue weighted by Gasteiger charge is -2.29. The van der Waals surface area contributed by atoms with Crippen LogP contribution >= 0.6 is 12.2 Å². The van der Waals surface area contributed by atoms with E-state index >= 15 is 0 Å². The molecular weight excluding hydrogens is 550 g/mol. The molecule has 0 unspecified atom stereocenters. The predicted molar refractivity (Wildman–Crippen MR) is 167 cm³/mol. The second kappa shape index (κ2) is 11.7. The van der Waals surface area contributed by atoms with Crippen molar-refractivity contribution in [2.45, 2.75) is 46.2 Å². The van der Waals surface area contributed by atoms with Crippen molar-refractivity contribution in [3.63, 3.8) is 0 Å². The summed E-state index contributed by atoms with van der Waals surface area (Å²) in [5, 5.41) is 16.6. The minimum absolute atomic E-state index is 0.109. The zero-order valence-electron chi connectivity index (χ0n) is 24.1. The van der Waals surface area contributed by atoms with Gasteiger partial charge in [0.05, 0.1) is 36.1 Å². The molecule has 1 aliphatic heterocycles. The van der Waals surface area contributed by atoms with Crippen molar-refractivity contribution >= 4 is 40.6 Å². The van der Waals surface area contributed by atoms with E-state index in [2.05, 4.69) is 31.2 Å². The van der Waals surface area contributed by atoms with Gasteiger partial charge in [0.25, 0.3) is 0 Å². The van der Waals surface area contributed by atoms with E-state index < -0.39 is 5.97 Å². The Morgan fingerprint density at radius 3 is 2.55 bits per heavy atom. The summed E-state index contributed by atoms with van der Waals surface area (Å²) < 4.78 is 7.75. The Labute approximate surface area is 250 Å². The number of nitrogens with one attached hydrogen (secondary N) is 2. The maximum atomic E-state index is 12.1. The fourth-order valence-corrected chi connectivity index (χ4v) is 5.91. The van der Waals surface area contributed by atoms with E-state index in [1.807, 2.05) is 63.2 Å². The molecule has 2 atom stereocenters. The molecule has 10 heteroatoms. The van der Waals surface area contributed by atoms with Crippen LogP contribution in [0.4, 0.5) is 11.4 Å². The molecule has 4 aromatic rings. The number of carbonyl (C=O) groups is 2. The van der Waals surface area contributed by atoms with Crippen molar-refractivity contribution < 1.29 is 19.4 Å². The van der Waals surface area contributed by atoms with Crippen LogP contribution in [-0.4, -0.2) is 38.8 Å². The summed E-state index contributed by atoms with van der Waals surface area (Å²) in [4.78, 5) is 30.6. The van der Waals surface area contributed by atoms with Crippen LogP contribution in [-0.2, 0) is 4.79 Å². The van der Waals surface area contributed by atoms with E-state index in [0.29, 0.717) is 23.0 Å². The van der Waals surface area contributed by atoms with Gasteiger partial charge in [-0.3, -0.25) is 9.78 Å². The highest BCUT2D eigenvalue weighted by Crippen LogP contribution is 2.45. The molecule has 3 heterocycles. The molecule has 3 N–H and O–H groups in total. The van der Waals surface area contributed by atoms with E-state index in [1.165, 1.54) is 0 Å². The summed E-state index contributed by atoms with van der Waals surface area (Å²) in [5.41, 5.74) is 7.12. The Hall–Kier alpha value is -4.70. The summed E-state index contributed by atoms with van der Waals surface area (Å²) in [6.45, 7) is 7.81. The standard InChI is InChI=1S/C32H33N5O4S/c1-6-28(38)34-24-13-12-22(17-27(24)41-5)37-30(29(35-32(37)42)25-9-7-8-14-33-25)23-15-19(3)36(20(23)4)26-16-21(31(39)40)11-10-18(26)2/h7-17,29-30H,6H2,1-5H3,(H,34,38)(H,35,42)(H,39,40)/t29-,30+/m1/s1. The fourth-order valence-electron chi connectivity index (χ4n) is 5.56. The van der Waals surface area contributed by atoms with E-state index in [9.17, 15) is 14.7 Å². The van der Waals surface area contributed by atoms with Gasteiger partial charge in [0.1, 0.15) is 5.75 Å². The van der Waals surface area contributed by atoms with Gasteiger partial charge in [0, 0.05) is 41.4 Å². The number of aryl methyl sites for hydroxylation is 2. The second-order valence-corrected chi connectivity index (χ2v) is 10.6. The normalized spacial score (nSPS) is 16.3. The van der Waals surface area contributed by atoms with Crippen LogP contribution in [0.15, 0.2) is 66.9 Å². The number of carboxylic acid groups (broad SMARTS) is 1. The number of thiocarbonyl (C=S) groups is 1. The monoisotopic (exact) mass is 583 g/mol. The average molecular weight is 584 g/mol. The zero-order valence-corrected chi connectivity index (χ0v) is 25.0. The summed E-state index contributed by atoms with van der Waals surface area (Å²) in [6.07, 6.45) is 2.11. The molecule has 1 saturated heterocycles. The van der Waals surface area contributed by atoms with Gasteiger partial charge in [-0.25, -0.2) is 4.79 Å². The molecule has 0 saturated carbocycles. The molecular formula is C32H33N5O4S. The minimum Gasteiger partial charge on any atom is -0.494 e. The number of aromatic nitrogens is 2. The molecule has 9 nitrogen and oxygen atoms in total. The molecule has 5 rings (SSSR count). The van der Waals surface area contributed by atoms with Gasteiger partial charge in [-0.1, -0.05) is 19.1 Å². The topological polar surface area (TPSA) is 109 Å². The highest BCUT2D eigenvalue weighted by molar-refractivity contribution is 7.80. The quantitative estimate of drug-likeness (QED) is 0.216. The third-order valence-electron chi connectivity index (χ3n) is 7.64. The molecule has 2 aromatic heterocycles. The Balaban J connectivity index is 1.67. The summed E-state index contributed by atoms with van der Waals surface area (Å²) in [5.74, 6) is -0.566. The predicted octanol–water partition coefficient (Wildman–Crippen LogP) is 6.03. The van der Waals surface area contributed by atoms with E-state index in [4.69, 9.17) is 17.0 Å². The van der Waals surface area contributed by atoms with Gasteiger partial charge in [-0.15, -0.1) is 0 Å². The maximum absolute atomic E-state index is 12.1. The number of pyridine rings is 1. The van der Waals surface area contributed by atoms with Gasteiger partial charge in [0.15, 0.2) is 5.11 Å². The van der Waals surface area contributed by atoms with Crippen molar-refractivity contribution in [1.29, 1.82) is 0 Å². The number of ether oxygens (including phenoxy) is 1. The number of carboxylic acids is 1. The molecule has 0 spiro atoms. The fraction of sp³-hybridized carbons (Fsp3) is 0.250. The third-order valence-corrected chi connectivity index (χ3v) is 7.96. The van der Waals surface area contributed by atoms with Crippen molar-refractivity contribution in [2.75, 3.05) is 17.3 Å². The van der Waals surface area contributed by atoms with E-state index in [1.54, 1.807) is 32.4 Å². The third kappa shape index (κ3) is 5.21. The first kappa shape index (κ1) is 28.8. The summed E-state index contributed by atoms with van der Waals surface area (Å²) in [7, 11) is 1.57.